The molecule has 0 saturated heterocycles. The second kappa shape index (κ2) is 5.00. The van der Waals surface area contributed by atoms with Gasteiger partial charge in [-0.05, 0) is 19.1 Å². The Morgan fingerprint density at radius 2 is 2.20 bits per heavy atom. The smallest absolute Gasteiger partial charge is 0.339 e. The van der Waals surface area contributed by atoms with E-state index in [1.54, 1.807) is 6.07 Å². The fraction of sp³-hybridized carbons (Fsp3) is 0.167. The van der Waals surface area contributed by atoms with Crippen LogP contribution in [0.3, 0.4) is 0 Å². The van der Waals surface area contributed by atoms with Gasteiger partial charge < -0.3 is 9.84 Å². The van der Waals surface area contributed by atoms with Crippen LogP contribution in [0.15, 0.2) is 24.4 Å². The average molecular weight is 277 g/mol. The number of hydrogen-bond acceptors (Lipinski definition) is 5. The molecule has 8 heteroatoms. The summed E-state index contributed by atoms with van der Waals surface area (Å²) in [6.07, 6.45) is 1.24. The van der Waals surface area contributed by atoms with Gasteiger partial charge in [0.1, 0.15) is 11.3 Å². The van der Waals surface area contributed by atoms with E-state index in [2.05, 4.69) is 5.10 Å². The van der Waals surface area contributed by atoms with E-state index in [9.17, 15) is 14.9 Å². The Kier molecular flexibility index (Phi) is 3.38. The molecule has 0 saturated carbocycles. The standard InChI is InChI=1S/C12H11N3O5/c1-7-8(12(16)17)6-14(13-7)9-4-3-5-10(20-2)11(9)15(18)19/h3-6H,1-2H3,(H,16,17). The molecule has 0 aliphatic rings. The van der Waals surface area contributed by atoms with Gasteiger partial charge in [-0.25, -0.2) is 9.48 Å². The quantitative estimate of drug-likeness (QED) is 0.674. The summed E-state index contributed by atoms with van der Waals surface area (Å²) in [5, 5.41) is 24.2. The third kappa shape index (κ3) is 2.18. The van der Waals surface area contributed by atoms with Crippen LogP contribution in [-0.2, 0) is 0 Å². The first-order chi connectivity index (χ1) is 9.45. The van der Waals surface area contributed by atoms with Gasteiger partial charge in [0.25, 0.3) is 0 Å². The van der Waals surface area contributed by atoms with Crippen molar-refractivity contribution < 1.29 is 19.6 Å². The van der Waals surface area contributed by atoms with Gasteiger partial charge in [-0.3, -0.25) is 10.1 Å². The highest BCUT2D eigenvalue weighted by atomic mass is 16.6. The summed E-state index contributed by atoms with van der Waals surface area (Å²) in [6, 6.07) is 4.49. The number of carboxylic acids is 1. The van der Waals surface area contributed by atoms with Crippen molar-refractivity contribution >= 4 is 11.7 Å². The predicted octanol–water partition coefficient (Wildman–Crippen LogP) is 1.80. The number of para-hydroxylation sites is 1. The van der Waals surface area contributed by atoms with Crippen LogP contribution in [0, 0.1) is 17.0 Å². The van der Waals surface area contributed by atoms with Crippen LogP contribution in [0.1, 0.15) is 16.1 Å². The van der Waals surface area contributed by atoms with E-state index >= 15 is 0 Å². The maximum Gasteiger partial charge on any atom is 0.339 e. The zero-order chi connectivity index (χ0) is 14.9. The Labute approximate surface area is 113 Å². The van der Waals surface area contributed by atoms with Gasteiger partial charge in [0.15, 0.2) is 5.75 Å². The largest absolute Gasteiger partial charge is 0.490 e. The molecule has 1 aromatic carbocycles. The number of nitrogens with zero attached hydrogens (tertiary/aromatic N) is 3. The number of carbonyl (C=O) groups is 1. The summed E-state index contributed by atoms with van der Waals surface area (Å²) >= 11 is 0. The zero-order valence-corrected chi connectivity index (χ0v) is 10.7. The molecule has 20 heavy (non-hydrogen) atoms. The monoisotopic (exact) mass is 277 g/mol. The van der Waals surface area contributed by atoms with Crippen LogP contribution < -0.4 is 4.74 Å². The number of benzene rings is 1. The molecule has 1 aromatic heterocycles. The number of aryl methyl sites for hydroxylation is 1. The average Bonchev–Trinajstić information content (AvgIpc) is 2.79. The Hall–Kier alpha value is -2.90. The number of nitro groups is 1. The zero-order valence-electron chi connectivity index (χ0n) is 10.7. The number of ether oxygens (including phenoxy) is 1. The molecular formula is C12H11N3O5. The van der Waals surface area contributed by atoms with Gasteiger partial charge >= 0.3 is 11.7 Å². The molecule has 0 aliphatic heterocycles. The first kappa shape index (κ1) is 13.5. The van der Waals surface area contributed by atoms with Crippen molar-refractivity contribution in [2.75, 3.05) is 7.11 Å². The summed E-state index contributed by atoms with van der Waals surface area (Å²) in [6.45, 7) is 1.52. The minimum atomic E-state index is -1.14. The normalized spacial score (nSPS) is 10.3. The van der Waals surface area contributed by atoms with E-state index in [4.69, 9.17) is 9.84 Å². The molecule has 2 aromatic rings. The van der Waals surface area contributed by atoms with E-state index in [0.29, 0.717) is 0 Å². The SMILES string of the molecule is COc1cccc(-n2cc(C(=O)O)c(C)n2)c1[N+](=O)[O-]. The molecule has 0 atom stereocenters. The van der Waals surface area contributed by atoms with Crippen molar-refractivity contribution in [3.63, 3.8) is 0 Å². The van der Waals surface area contributed by atoms with Gasteiger partial charge in [-0.15, -0.1) is 0 Å². The van der Waals surface area contributed by atoms with E-state index in [0.717, 1.165) is 0 Å². The molecule has 0 fully saturated rings. The number of carboxylic acid groups (broad SMARTS) is 1. The second-order valence-corrected chi connectivity index (χ2v) is 3.96. The lowest BCUT2D eigenvalue weighted by Crippen LogP contribution is -2.03. The fourth-order valence-corrected chi connectivity index (χ4v) is 1.84. The minimum absolute atomic E-state index is 0.0119. The van der Waals surface area contributed by atoms with Crippen molar-refractivity contribution in [1.82, 2.24) is 9.78 Å². The first-order valence-corrected chi connectivity index (χ1v) is 5.57. The summed E-state index contributed by atoms with van der Waals surface area (Å²) in [7, 11) is 1.32. The number of methoxy groups -OCH3 is 1. The lowest BCUT2D eigenvalue weighted by molar-refractivity contribution is -0.385. The Morgan fingerprint density at radius 3 is 2.70 bits per heavy atom. The maximum atomic E-state index is 11.2. The van der Waals surface area contributed by atoms with Crippen LogP contribution in [0.25, 0.3) is 5.69 Å². The van der Waals surface area contributed by atoms with Crippen molar-refractivity contribution in [1.29, 1.82) is 0 Å². The molecule has 1 heterocycles. The number of aromatic nitrogens is 2. The van der Waals surface area contributed by atoms with Crippen molar-refractivity contribution in [2.24, 2.45) is 0 Å². The lowest BCUT2D eigenvalue weighted by atomic mass is 10.2. The second-order valence-electron chi connectivity index (χ2n) is 3.96. The molecule has 1 N–H and O–H groups in total. The number of rotatable bonds is 4. The summed E-state index contributed by atoms with van der Waals surface area (Å²) < 4.78 is 6.12. The summed E-state index contributed by atoms with van der Waals surface area (Å²) in [5.74, 6) is -1.06. The molecule has 0 unspecified atom stereocenters. The van der Waals surface area contributed by atoms with Crippen LogP contribution in [0.2, 0.25) is 0 Å². The van der Waals surface area contributed by atoms with Gasteiger partial charge in [-0.1, -0.05) is 6.07 Å². The van der Waals surface area contributed by atoms with Gasteiger partial charge in [0, 0.05) is 6.20 Å². The van der Waals surface area contributed by atoms with Crippen LogP contribution in [0.5, 0.6) is 5.75 Å². The first-order valence-electron chi connectivity index (χ1n) is 5.57. The highest BCUT2D eigenvalue weighted by molar-refractivity contribution is 5.88. The predicted molar refractivity (Wildman–Crippen MR) is 68.5 cm³/mol. The topological polar surface area (TPSA) is 107 Å². The van der Waals surface area contributed by atoms with Crippen LogP contribution in [0.4, 0.5) is 5.69 Å². The fourth-order valence-electron chi connectivity index (χ4n) is 1.84. The highest BCUT2D eigenvalue weighted by Gasteiger charge is 2.23. The maximum absolute atomic E-state index is 11.2. The van der Waals surface area contributed by atoms with Crippen LogP contribution >= 0.6 is 0 Å². The third-order valence-corrected chi connectivity index (χ3v) is 2.76. The molecule has 0 amide bonds. The van der Waals surface area contributed by atoms with Crippen molar-refractivity contribution in [2.45, 2.75) is 6.92 Å². The van der Waals surface area contributed by atoms with E-state index in [1.807, 2.05) is 0 Å². The number of nitro benzene ring substituents is 1. The molecular weight excluding hydrogens is 266 g/mol. The van der Waals surface area contributed by atoms with Crippen molar-refractivity contribution in [3.05, 3.63) is 45.8 Å². The van der Waals surface area contributed by atoms with E-state index in [1.165, 1.54) is 37.0 Å². The number of hydrogen-bond donors (Lipinski definition) is 1. The molecule has 0 aliphatic carbocycles. The number of aromatic carboxylic acids is 1. The van der Waals surface area contributed by atoms with Gasteiger partial charge in [-0.2, -0.15) is 5.10 Å². The minimum Gasteiger partial charge on any atom is -0.490 e. The molecule has 0 spiro atoms. The Bertz CT molecular complexity index is 692. The molecule has 0 bridgehead atoms. The lowest BCUT2D eigenvalue weighted by Gasteiger charge is -2.06. The molecule has 8 nitrogen and oxygen atoms in total. The highest BCUT2D eigenvalue weighted by Crippen LogP contribution is 2.33. The summed E-state index contributed by atoms with van der Waals surface area (Å²) in [4.78, 5) is 21.6. The van der Waals surface area contributed by atoms with Crippen molar-refractivity contribution in [3.8, 4) is 11.4 Å². The third-order valence-electron chi connectivity index (χ3n) is 2.76. The summed E-state index contributed by atoms with van der Waals surface area (Å²) in [5.41, 5.74) is 0.135. The molecule has 2 rings (SSSR count). The Balaban J connectivity index is 2.66. The van der Waals surface area contributed by atoms with Gasteiger partial charge in [0.05, 0.1) is 17.7 Å². The molecule has 104 valence electrons. The van der Waals surface area contributed by atoms with Gasteiger partial charge in [0.2, 0.25) is 0 Å². The Morgan fingerprint density at radius 1 is 1.50 bits per heavy atom. The molecule has 0 radical (unpaired) electrons. The van der Waals surface area contributed by atoms with E-state index in [-0.39, 0.29) is 28.4 Å². The van der Waals surface area contributed by atoms with E-state index < -0.39 is 10.9 Å². The van der Waals surface area contributed by atoms with Crippen LogP contribution in [-0.4, -0.2) is 32.9 Å².